The minimum absolute atomic E-state index is 0.109. The molecule has 0 fully saturated rings. The molecule has 1 heterocycles. The number of carbonyl (C=O) groups is 1. The molecule has 3 aromatic carbocycles. The monoisotopic (exact) mass is 504 g/mol. The number of benzene rings is 3. The van der Waals surface area contributed by atoms with E-state index >= 15 is 0 Å². The van der Waals surface area contributed by atoms with E-state index in [-0.39, 0.29) is 6.03 Å². The second-order valence-electron chi connectivity index (χ2n) is 7.68. The van der Waals surface area contributed by atoms with Crippen LogP contribution < -0.4 is 5.32 Å². The second-order valence-corrected chi connectivity index (χ2v) is 8.53. The van der Waals surface area contributed by atoms with Gasteiger partial charge in [0.1, 0.15) is 0 Å². The Bertz CT molecular complexity index is 1190. The SMILES string of the molecule is CCCCN(Cc1ccc(-c2ccccc2-c2nnn[nH]2)cc1)C(=O)Nc1ccccc1Br. The first-order valence-electron chi connectivity index (χ1n) is 10.9. The van der Waals surface area contributed by atoms with E-state index < -0.39 is 0 Å². The largest absolute Gasteiger partial charge is 0.322 e. The van der Waals surface area contributed by atoms with E-state index in [0.717, 1.165) is 45.3 Å². The molecule has 168 valence electrons. The topological polar surface area (TPSA) is 86.8 Å². The number of anilines is 1. The lowest BCUT2D eigenvalue weighted by Gasteiger charge is -2.23. The third kappa shape index (κ3) is 5.64. The van der Waals surface area contributed by atoms with E-state index in [4.69, 9.17) is 0 Å². The van der Waals surface area contributed by atoms with Crippen molar-refractivity contribution in [1.82, 2.24) is 25.5 Å². The van der Waals surface area contributed by atoms with Crippen molar-refractivity contribution in [3.05, 3.63) is 82.8 Å². The van der Waals surface area contributed by atoms with Crippen LogP contribution in [-0.4, -0.2) is 38.1 Å². The van der Waals surface area contributed by atoms with Crippen molar-refractivity contribution in [2.75, 3.05) is 11.9 Å². The van der Waals surface area contributed by atoms with Crippen molar-refractivity contribution in [2.45, 2.75) is 26.3 Å². The van der Waals surface area contributed by atoms with Crippen molar-refractivity contribution in [3.8, 4) is 22.5 Å². The highest BCUT2D eigenvalue weighted by molar-refractivity contribution is 9.10. The average Bonchev–Trinajstić information content (AvgIpc) is 3.38. The van der Waals surface area contributed by atoms with Crippen molar-refractivity contribution in [2.24, 2.45) is 0 Å². The lowest BCUT2D eigenvalue weighted by Crippen LogP contribution is -2.35. The summed E-state index contributed by atoms with van der Waals surface area (Å²) in [4.78, 5) is 14.9. The maximum atomic E-state index is 13.0. The van der Waals surface area contributed by atoms with Crippen LogP contribution in [0.5, 0.6) is 0 Å². The van der Waals surface area contributed by atoms with Gasteiger partial charge in [-0.3, -0.25) is 0 Å². The Kier molecular flexibility index (Phi) is 7.47. The van der Waals surface area contributed by atoms with Crippen molar-refractivity contribution < 1.29 is 4.79 Å². The molecule has 0 bridgehead atoms. The third-order valence-corrected chi connectivity index (χ3v) is 6.04. The molecule has 0 radical (unpaired) electrons. The maximum Gasteiger partial charge on any atom is 0.322 e. The number of hydrogen-bond acceptors (Lipinski definition) is 4. The zero-order valence-electron chi connectivity index (χ0n) is 18.3. The molecule has 0 aliphatic rings. The molecule has 0 saturated heterocycles. The minimum atomic E-state index is -0.109. The standard InChI is InChI=1S/C25H25BrN6O/c1-2-3-16-32(25(33)27-23-11-7-6-10-22(23)26)17-18-12-14-19(15-13-18)20-8-4-5-9-21(20)24-28-30-31-29-24/h4-15H,2-3,16-17H2,1H3,(H,27,33)(H,28,29,30,31). The van der Waals surface area contributed by atoms with Gasteiger partial charge in [-0.25, -0.2) is 9.89 Å². The van der Waals surface area contributed by atoms with Crippen LogP contribution in [-0.2, 0) is 6.54 Å². The number of nitrogens with zero attached hydrogens (tertiary/aromatic N) is 4. The summed E-state index contributed by atoms with van der Waals surface area (Å²) in [5.74, 6) is 0.629. The van der Waals surface area contributed by atoms with Crippen LogP contribution in [0.15, 0.2) is 77.3 Å². The number of halogens is 1. The van der Waals surface area contributed by atoms with Crippen LogP contribution in [0.25, 0.3) is 22.5 Å². The highest BCUT2D eigenvalue weighted by Gasteiger charge is 2.16. The van der Waals surface area contributed by atoms with Gasteiger partial charge in [0.25, 0.3) is 0 Å². The summed E-state index contributed by atoms with van der Waals surface area (Å²) in [5.41, 5.74) is 4.86. The molecule has 0 atom stereocenters. The number of carbonyl (C=O) groups excluding carboxylic acids is 1. The van der Waals surface area contributed by atoms with E-state index in [1.165, 1.54) is 0 Å². The molecule has 2 amide bonds. The molecule has 8 heteroatoms. The normalized spacial score (nSPS) is 10.7. The molecule has 4 rings (SSSR count). The predicted molar refractivity (Wildman–Crippen MR) is 134 cm³/mol. The molecule has 1 aromatic heterocycles. The zero-order valence-corrected chi connectivity index (χ0v) is 19.9. The summed E-state index contributed by atoms with van der Waals surface area (Å²) >= 11 is 3.50. The fourth-order valence-electron chi connectivity index (χ4n) is 3.58. The fraction of sp³-hybridized carbons (Fsp3) is 0.200. The summed E-state index contributed by atoms with van der Waals surface area (Å²) in [6, 6.07) is 23.8. The van der Waals surface area contributed by atoms with E-state index in [1.807, 2.05) is 53.4 Å². The molecule has 2 N–H and O–H groups in total. The number of tetrazole rings is 1. The van der Waals surface area contributed by atoms with Crippen LogP contribution in [0.1, 0.15) is 25.3 Å². The van der Waals surface area contributed by atoms with Gasteiger partial charge in [-0.1, -0.05) is 74.0 Å². The zero-order chi connectivity index (χ0) is 23.0. The molecule has 0 aliphatic carbocycles. The number of nitrogens with one attached hydrogen (secondary N) is 2. The van der Waals surface area contributed by atoms with E-state index in [2.05, 4.69) is 73.1 Å². The second kappa shape index (κ2) is 10.9. The number of urea groups is 1. The van der Waals surface area contributed by atoms with Gasteiger partial charge in [-0.15, -0.1) is 5.10 Å². The number of unbranched alkanes of at least 4 members (excludes halogenated alkanes) is 1. The summed E-state index contributed by atoms with van der Waals surface area (Å²) in [5, 5.41) is 17.3. The van der Waals surface area contributed by atoms with E-state index in [9.17, 15) is 4.79 Å². The Labute approximate surface area is 201 Å². The number of amides is 2. The molecule has 7 nitrogen and oxygen atoms in total. The highest BCUT2D eigenvalue weighted by Crippen LogP contribution is 2.30. The van der Waals surface area contributed by atoms with Crippen LogP contribution >= 0.6 is 15.9 Å². The van der Waals surface area contributed by atoms with Gasteiger partial charge in [-0.05, 0) is 61.6 Å². The first kappa shape index (κ1) is 22.7. The first-order chi connectivity index (χ1) is 16.2. The highest BCUT2D eigenvalue weighted by atomic mass is 79.9. The minimum Gasteiger partial charge on any atom is -0.320 e. The van der Waals surface area contributed by atoms with Gasteiger partial charge < -0.3 is 10.2 Å². The van der Waals surface area contributed by atoms with Gasteiger partial charge in [0.15, 0.2) is 5.82 Å². The number of H-pyrrole nitrogens is 1. The molecule has 33 heavy (non-hydrogen) atoms. The summed E-state index contributed by atoms with van der Waals surface area (Å²) in [7, 11) is 0. The van der Waals surface area contributed by atoms with Crippen LogP contribution in [0.4, 0.5) is 10.5 Å². The van der Waals surface area contributed by atoms with Gasteiger partial charge in [0, 0.05) is 23.1 Å². The Hall–Kier alpha value is -3.52. The fourth-order valence-corrected chi connectivity index (χ4v) is 3.97. The summed E-state index contributed by atoms with van der Waals surface area (Å²) in [6.07, 6.45) is 1.96. The van der Waals surface area contributed by atoms with Crippen molar-refractivity contribution in [1.29, 1.82) is 0 Å². The predicted octanol–water partition coefficient (Wildman–Crippen LogP) is 6.13. The molecule has 0 unspecified atom stereocenters. The number of para-hydroxylation sites is 1. The Morgan fingerprint density at radius 1 is 1.00 bits per heavy atom. The van der Waals surface area contributed by atoms with Crippen molar-refractivity contribution in [3.63, 3.8) is 0 Å². The quantitative estimate of drug-likeness (QED) is 0.302. The third-order valence-electron chi connectivity index (χ3n) is 5.35. The first-order valence-corrected chi connectivity index (χ1v) is 11.7. The lowest BCUT2D eigenvalue weighted by molar-refractivity contribution is 0.208. The van der Waals surface area contributed by atoms with Crippen LogP contribution in [0.2, 0.25) is 0 Å². The van der Waals surface area contributed by atoms with Gasteiger partial charge in [-0.2, -0.15) is 0 Å². The Morgan fingerprint density at radius 2 is 1.73 bits per heavy atom. The number of aromatic nitrogens is 4. The summed E-state index contributed by atoms with van der Waals surface area (Å²) in [6.45, 7) is 3.35. The Morgan fingerprint density at radius 3 is 2.42 bits per heavy atom. The number of aromatic amines is 1. The van der Waals surface area contributed by atoms with Crippen molar-refractivity contribution >= 4 is 27.6 Å². The summed E-state index contributed by atoms with van der Waals surface area (Å²) < 4.78 is 0.860. The molecular weight excluding hydrogens is 480 g/mol. The number of rotatable bonds is 8. The van der Waals surface area contributed by atoms with Crippen LogP contribution in [0, 0.1) is 0 Å². The molecule has 4 aromatic rings. The maximum absolute atomic E-state index is 13.0. The lowest BCUT2D eigenvalue weighted by atomic mass is 9.98. The van der Waals surface area contributed by atoms with E-state index in [1.54, 1.807) is 0 Å². The number of hydrogen-bond donors (Lipinski definition) is 2. The Balaban J connectivity index is 1.52. The van der Waals surface area contributed by atoms with Gasteiger partial charge in [0.05, 0.1) is 5.69 Å². The average molecular weight is 505 g/mol. The molecule has 0 spiro atoms. The van der Waals surface area contributed by atoms with E-state index in [0.29, 0.717) is 18.9 Å². The van der Waals surface area contributed by atoms with Gasteiger partial charge in [0.2, 0.25) is 0 Å². The smallest absolute Gasteiger partial charge is 0.320 e. The van der Waals surface area contributed by atoms with Gasteiger partial charge >= 0.3 is 6.03 Å². The molecule has 0 aliphatic heterocycles. The van der Waals surface area contributed by atoms with Crippen LogP contribution in [0.3, 0.4) is 0 Å². The molecular formula is C25H25BrN6O. The molecule has 0 saturated carbocycles.